The van der Waals surface area contributed by atoms with Gasteiger partial charge in [-0.1, -0.05) is 36.4 Å². The fourth-order valence-corrected chi connectivity index (χ4v) is 4.43. The Labute approximate surface area is 175 Å². The number of hydrogen-bond donors (Lipinski definition) is 0. The smallest absolute Gasteiger partial charge is 0.255 e. The average Bonchev–Trinajstić information content (AvgIpc) is 3.17. The molecule has 0 radical (unpaired) electrons. The van der Waals surface area contributed by atoms with Crippen LogP contribution in [0, 0.1) is 6.92 Å². The van der Waals surface area contributed by atoms with Crippen LogP contribution in [0.1, 0.15) is 5.56 Å². The molecule has 0 spiro atoms. The first-order valence-electron chi connectivity index (χ1n) is 9.54. The van der Waals surface area contributed by atoms with E-state index in [4.69, 9.17) is 0 Å². The fraction of sp³-hybridized carbons (Fsp3) is 0.0833. The van der Waals surface area contributed by atoms with Crippen LogP contribution < -0.4 is 0 Å². The van der Waals surface area contributed by atoms with Crippen LogP contribution in [-0.4, -0.2) is 35.9 Å². The van der Waals surface area contributed by atoms with Crippen LogP contribution in [0.5, 0.6) is 0 Å². The predicted molar refractivity (Wildman–Crippen MR) is 123 cm³/mol. The molecular formula is C24H20N4OS. The van der Waals surface area contributed by atoms with Crippen LogP contribution in [0.2, 0.25) is 0 Å². The maximum atomic E-state index is 12.2. The molecule has 5 rings (SSSR count). The molecule has 1 atom stereocenters. The zero-order valence-corrected chi connectivity index (χ0v) is 17.6. The summed E-state index contributed by atoms with van der Waals surface area (Å²) in [6.45, 7) is 2.12. The maximum Gasteiger partial charge on any atom is 0.255 e. The van der Waals surface area contributed by atoms with Crippen molar-refractivity contribution < 1.29 is 4.21 Å². The van der Waals surface area contributed by atoms with Crippen LogP contribution in [-0.2, 0) is 9.52 Å². The van der Waals surface area contributed by atoms with Gasteiger partial charge < -0.3 is 0 Å². The Morgan fingerprint density at radius 1 is 0.900 bits per heavy atom. The van der Waals surface area contributed by atoms with Crippen molar-refractivity contribution in [2.24, 2.45) is 0 Å². The summed E-state index contributed by atoms with van der Waals surface area (Å²) in [5.41, 5.74) is 4.23. The first-order chi connectivity index (χ1) is 14.4. The molecule has 0 saturated carbocycles. The first-order valence-corrected chi connectivity index (χ1v) is 11.7. The van der Waals surface area contributed by atoms with Crippen LogP contribution in [0.25, 0.3) is 39.1 Å². The molecule has 5 aromatic rings. The summed E-state index contributed by atoms with van der Waals surface area (Å²) < 4.78 is 14.1. The van der Waals surface area contributed by atoms with E-state index in [-0.39, 0.29) is 0 Å². The van der Waals surface area contributed by atoms with E-state index in [1.807, 2.05) is 41.1 Å². The van der Waals surface area contributed by atoms with E-state index in [0.29, 0.717) is 16.5 Å². The molecule has 2 heterocycles. The largest absolute Gasteiger partial charge is 0.266 e. The van der Waals surface area contributed by atoms with Crippen molar-refractivity contribution in [3.63, 3.8) is 0 Å². The van der Waals surface area contributed by atoms with Crippen molar-refractivity contribution in [1.29, 1.82) is 0 Å². The van der Waals surface area contributed by atoms with Crippen molar-refractivity contribution in [3.8, 4) is 22.5 Å². The van der Waals surface area contributed by atoms with E-state index < -0.39 is 9.52 Å². The second-order valence-corrected chi connectivity index (χ2v) is 10.0. The van der Waals surface area contributed by atoms with Gasteiger partial charge in [0.15, 0.2) is 5.82 Å². The third-order valence-corrected chi connectivity index (χ3v) is 6.60. The lowest BCUT2D eigenvalue weighted by Crippen LogP contribution is -1.97. The maximum absolute atomic E-state index is 12.2. The topological polar surface area (TPSA) is 60.2 Å². The molecule has 0 bridgehead atoms. The molecule has 0 saturated heterocycles. The molecule has 148 valence electrons. The molecule has 5 nitrogen and oxygen atoms in total. The molecule has 1 unspecified atom stereocenters. The molecule has 0 aliphatic rings. The monoisotopic (exact) mass is 412 g/mol. The lowest BCUT2D eigenvalue weighted by atomic mass is 9.97. The highest BCUT2D eigenvalue weighted by atomic mass is 32.2. The van der Waals surface area contributed by atoms with Gasteiger partial charge in [0.05, 0.1) is 0 Å². The van der Waals surface area contributed by atoms with Gasteiger partial charge in [0.1, 0.15) is 0 Å². The number of aromatic nitrogens is 4. The highest BCUT2D eigenvalue weighted by Crippen LogP contribution is 2.31. The average molecular weight is 413 g/mol. The van der Waals surface area contributed by atoms with E-state index in [9.17, 15) is 4.21 Å². The Morgan fingerprint density at radius 3 is 2.37 bits per heavy atom. The van der Waals surface area contributed by atoms with Crippen LogP contribution in [0.4, 0.5) is 0 Å². The molecule has 0 fully saturated rings. The minimum atomic E-state index is -2.25. The van der Waals surface area contributed by atoms with Gasteiger partial charge >= 0.3 is 0 Å². The standard InChI is InChI=1S/C24H20N4OS/c1-16-8-13-21(22-7-5-4-6-20(16)22)18-14-25-24-27-26-23(28(24)15-18)17-9-11-19(12-10-17)30(2,3)29/h4-15H,2H2,1,3H3. The van der Waals surface area contributed by atoms with Crippen LogP contribution in [0.15, 0.2) is 78.0 Å². The van der Waals surface area contributed by atoms with Crippen molar-refractivity contribution in [1.82, 2.24) is 19.6 Å². The minimum absolute atomic E-state index is 0.533. The second kappa shape index (κ2) is 6.78. The number of hydrogen-bond acceptors (Lipinski definition) is 4. The Balaban J connectivity index is 1.67. The third kappa shape index (κ3) is 3.06. The van der Waals surface area contributed by atoms with Gasteiger partial charge in [-0.05, 0) is 68.5 Å². The first kappa shape index (κ1) is 18.5. The van der Waals surface area contributed by atoms with Gasteiger partial charge in [0.2, 0.25) is 0 Å². The Bertz CT molecular complexity index is 1520. The number of aryl methyl sites for hydroxylation is 1. The SMILES string of the molecule is C=S(C)(=O)c1ccc(-c2nnc3ncc(-c4ccc(C)c5ccccc45)cn23)cc1. The Hall–Kier alpha value is -3.51. The number of nitrogens with zero attached hydrogens (tertiary/aromatic N) is 4. The van der Waals surface area contributed by atoms with E-state index >= 15 is 0 Å². The van der Waals surface area contributed by atoms with E-state index in [1.54, 1.807) is 6.26 Å². The van der Waals surface area contributed by atoms with Crippen LogP contribution >= 0.6 is 0 Å². The second-order valence-electron chi connectivity index (χ2n) is 7.54. The third-order valence-electron chi connectivity index (χ3n) is 5.33. The highest BCUT2D eigenvalue weighted by Gasteiger charge is 2.13. The molecule has 6 heteroatoms. The zero-order valence-electron chi connectivity index (χ0n) is 16.7. The van der Waals surface area contributed by atoms with Crippen molar-refractivity contribution in [3.05, 3.63) is 78.6 Å². The minimum Gasteiger partial charge on any atom is -0.266 e. The quantitative estimate of drug-likeness (QED) is 0.406. The predicted octanol–water partition coefficient (Wildman–Crippen LogP) is 4.63. The van der Waals surface area contributed by atoms with Gasteiger partial charge in [-0.2, -0.15) is 0 Å². The molecule has 0 aliphatic carbocycles. The molecule has 2 aromatic heterocycles. The number of benzene rings is 3. The van der Waals surface area contributed by atoms with E-state index in [1.165, 1.54) is 16.3 Å². The number of fused-ring (bicyclic) bond motifs is 2. The fourth-order valence-electron chi connectivity index (χ4n) is 3.72. The summed E-state index contributed by atoms with van der Waals surface area (Å²) in [6, 6.07) is 20.1. The summed E-state index contributed by atoms with van der Waals surface area (Å²) in [5.74, 6) is 4.97. The van der Waals surface area contributed by atoms with Gasteiger partial charge in [0.25, 0.3) is 5.78 Å². The molecule has 30 heavy (non-hydrogen) atoms. The lowest BCUT2D eigenvalue weighted by molar-refractivity contribution is 0.685. The van der Waals surface area contributed by atoms with E-state index in [2.05, 4.69) is 64.4 Å². The summed E-state index contributed by atoms with van der Waals surface area (Å²) >= 11 is 0. The van der Waals surface area contributed by atoms with E-state index in [0.717, 1.165) is 16.7 Å². The number of rotatable bonds is 3. The van der Waals surface area contributed by atoms with Crippen molar-refractivity contribution in [2.75, 3.05) is 6.26 Å². The van der Waals surface area contributed by atoms with Crippen LogP contribution in [0.3, 0.4) is 0 Å². The van der Waals surface area contributed by atoms with Crippen molar-refractivity contribution in [2.45, 2.75) is 11.8 Å². The summed E-state index contributed by atoms with van der Waals surface area (Å²) in [6.07, 6.45) is 5.49. The normalized spacial score (nSPS) is 13.5. The molecular weight excluding hydrogens is 392 g/mol. The summed E-state index contributed by atoms with van der Waals surface area (Å²) in [4.78, 5) is 5.24. The van der Waals surface area contributed by atoms with Gasteiger partial charge in [-0.15, -0.1) is 10.2 Å². The van der Waals surface area contributed by atoms with Gasteiger partial charge in [-0.25, -0.2) is 4.98 Å². The van der Waals surface area contributed by atoms with Gasteiger partial charge in [0, 0.05) is 34.7 Å². The van der Waals surface area contributed by atoms with Gasteiger partial charge in [-0.3, -0.25) is 8.61 Å². The molecule has 3 aromatic carbocycles. The molecule has 0 aliphatic heterocycles. The van der Waals surface area contributed by atoms with Crippen molar-refractivity contribution >= 4 is 31.9 Å². The zero-order chi connectivity index (χ0) is 20.9. The highest BCUT2D eigenvalue weighted by molar-refractivity contribution is 7.99. The molecule has 0 amide bonds. The molecule has 0 N–H and O–H groups in total. The summed E-state index contributed by atoms with van der Waals surface area (Å²) in [5, 5.41) is 11.0. The lowest BCUT2D eigenvalue weighted by Gasteiger charge is -2.10. The Morgan fingerprint density at radius 2 is 1.63 bits per heavy atom. The summed E-state index contributed by atoms with van der Waals surface area (Å²) in [7, 11) is -2.25. The Kier molecular flexibility index (Phi) is 4.18.